The number of hydrogen-bond acceptors (Lipinski definition) is 4. The number of methoxy groups -OCH3 is 1. The van der Waals surface area contributed by atoms with E-state index in [0.29, 0.717) is 31.2 Å². The van der Waals surface area contributed by atoms with Crippen LogP contribution >= 0.6 is 0 Å². The van der Waals surface area contributed by atoms with E-state index in [2.05, 4.69) is 25.2 Å². The van der Waals surface area contributed by atoms with Crippen LogP contribution < -0.4 is 0 Å². The number of pyridine rings is 1. The van der Waals surface area contributed by atoms with Crippen molar-refractivity contribution >= 4 is 11.6 Å². The first-order chi connectivity index (χ1) is 13.8. The fraction of sp³-hybridized carbons (Fsp3) is 0.652. The van der Waals surface area contributed by atoms with Crippen molar-refractivity contribution in [1.82, 2.24) is 14.3 Å². The summed E-state index contributed by atoms with van der Waals surface area (Å²) in [6.07, 6.45) is 5.21. The predicted molar refractivity (Wildman–Crippen MR) is 115 cm³/mol. The van der Waals surface area contributed by atoms with Crippen molar-refractivity contribution in [3.63, 3.8) is 0 Å². The molecule has 0 aromatic carbocycles. The SMILES string of the molecule is CCN(CCOC)C(=O)c1ccn2c(CC3CCOCC3)c(C(C)(C)C)nc2c1. The van der Waals surface area contributed by atoms with Crippen LogP contribution in [0.5, 0.6) is 0 Å². The number of nitrogens with zero attached hydrogens (tertiary/aromatic N) is 3. The number of carbonyl (C=O) groups is 1. The van der Waals surface area contributed by atoms with E-state index in [4.69, 9.17) is 14.5 Å². The third kappa shape index (κ3) is 4.98. The molecule has 1 aliphatic heterocycles. The van der Waals surface area contributed by atoms with Crippen LogP contribution in [-0.4, -0.2) is 60.2 Å². The Kier molecular flexibility index (Phi) is 6.96. The van der Waals surface area contributed by atoms with Gasteiger partial charge >= 0.3 is 0 Å². The predicted octanol–water partition coefficient (Wildman–Crippen LogP) is 3.71. The van der Waals surface area contributed by atoms with Gasteiger partial charge in [-0.05, 0) is 44.2 Å². The molecule has 6 heteroatoms. The number of imidazole rings is 1. The zero-order valence-electron chi connectivity index (χ0n) is 18.5. The van der Waals surface area contributed by atoms with Gasteiger partial charge in [-0.15, -0.1) is 0 Å². The Hall–Kier alpha value is -1.92. The average molecular weight is 402 g/mol. The lowest BCUT2D eigenvalue weighted by Crippen LogP contribution is -2.33. The number of aromatic nitrogens is 2. The summed E-state index contributed by atoms with van der Waals surface area (Å²) in [6, 6.07) is 3.85. The third-order valence-corrected chi connectivity index (χ3v) is 5.74. The normalized spacial score (nSPS) is 15.8. The van der Waals surface area contributed by atoms with Gasteiger partial charge in [-0.2, -0.15) is 0 Å². The highest BCUT2D eigenvalue weighted by Crippen LogP contribution is 2.30. The molecule has 160 valence electrons. The number of likely N-dealkylation sites (N-methyl/N-ethyl adjacent to an activating group) is 1. The van der Waals surface area contributed by atoms with Crippen LogP contribution in [0.15, 0.2) is 18.3 Å². The lowest BCUT2D eigenvalue weighted by molar-refractivity contribution is 0.0660. The summed E-state index contributed by atoms with van der Waals surface area (Å²) in [7, 11) is 1.66. The molecule has 0 N–H and O–H groups in total. The van der Waals surface area contributed by atoms with Crippen LogP contribution in [0, 0.1) is 5.92 Å². The van der Waals surface area contributed by atoms with Crippen LogP contribution in [0.4, 0.5) is 0 Å². The summed E-state index contributed by atoms with van der Waals surface area (Å²) in [5.41, 5.74) is 3.87. The van der Waals surface area contributed by atoms with Gasteiger partial charge in [0.2, 0.25) is 0 Å². The summed E-state index contributed by atoms with van der Waals surface area (Å²) in [5.74, 6) is 0.647. The van der Waals surface area contributed by atoms with Gasteiger partial charge in [0.1, 0.15) is 5.65 Å². The van der Waals surface area contributed by atoms with Gasteiger partial charge in [0, 0.05) is 56.3 Å². The summed E-state index contributed by atoms with van der Waals surface area (Å²) in [5, 5.41) is 0. The first kappa shape index (κ1) is 21.8. The highest BCUT2D eigenvalue weighted by atomic mass is 16.5. The molecular weight excluding hydrogens is 366 g/mol. The molecule has 29 heavy (non-hydrogen) atoms. The molecule has 1 fully saturated rings. The highest BCUT2D eigenvalue weighted by molar-refractivity contribution is 5.95. The van der Waals surface area contributed by atoms with Crippen molar-refractivity contribution in [3.05, 3.63) is 35.3 Å². The summed E-state index contributed by atoms with van der Waals surface area (Å²) < 4.78 is 12.9. The van der Waals surface area contributed by atoms with E-state index < -0.39 is 0 Å². The Morgan fingerprint density at radius 2 is 2.07 bits per heavy atom. The van der Waals surface area contributed by atoms with Crippen molar-refractivity contribution in [2.75, 3.05) is 40.0 Å². The zero-order valence-corrected chi connectivity index (χ0v) is 18.5. The maximum atomic E-state index is 13.0. The topological polar surface area (TPSA) is 56.1 Å². The fourth-order valence-electron chi connectivity index (χ4n) is 4.04. The zero-order chi connectivity index (χ0) is 21.0. The van der Waals surface area contributed by atoms with Gasteiger partial charge in [-0.25, -0.2) is 4.98 Å². The molecule has 0 aliphatic carbocycles. The van der Waals surface area contributed by atoms with Gasteiger partial charge in [-0.3, -0.25) is 4.79 Å². The molecule has 3 heterocycles. The van der Waals surface area contributed by atoms with Crippen LogP contribution in [0.25, 0.3) is 5.65 Å². The lowest BCUT2D eigenvalue weighted by atomic mass is 9.86. The number of hydrogen-bond donors (Lipinski definition) is 0. The van der Waals surface area contributed by atoms with Gasteiger partial charge in [-0.1, -0.05) is 20.8 Å². The number of fused-ring (bicyclic) bond motifs is 1. The van der Waals surface area contributed by atoms with Crippen molar-refractivity contribution in [2.24, 2.45) is 5.92 Å². The van der Waals surface area contributed by atoms with Gasteiger partial charge < -0.3 is 18.8 Å². The molecule has 2 aromatic rings. The summed E-state index contributed by atoms with van der Waals surface area (Å²) in [6.45, 7) is 12.1. The van der Waals surface area contributed by atoms with E-state index in [9.17, 15) is 4.79 Å². The van der Waals surface area contributed by atoms with Gasteiger partial charge in [0.05, 0.1) is 12.3 Å². The summed E-state index contributed by atoms with van der Waals surface area (Å²) >= 11 is 0. The Labute approximate surface area is 174 Å². The molecular formula is C23H35N3O3. The second-order valence-electron chi connectivity index (χ2n) is 8.94. The van der Waals surface area contributed by atoms with E-state index >= 15 is 0 Å². The largest absolute Gasteiger partial charge is 0.383 e. The van der Waals surface area contributed by atoms with E-state index in [-0.39, 0.29) is 11.3 Å². The van der Waals surface area contributed by atoms with Crippen LogP contribution in [0.1, 0.15) is 62.3 Å². The van der Waals surface area contributed by atoms with Crippen LogP contribution in [0.2, 0.25) is 0 Å². The number of rotatable bonds is 7. The van der Waals surface area contributed by atoms with Crippen LogP contribution in [0.3, 0.4) is 0 Å². The minimum absolute atomic E-state index is 0.0262. The highest BCUT2D eigenvalue weighted by Gasteiger charge is 2.27. The third-order valence-electron chi connectivity index (χ3n) is 5.74. The molecule has 0 bridgehead atoms. The molecule has 1 saturated heterocycles. The molecule has 0 saturated carbocycles. The van der Waals surface area contributed by atoms with Gasteiger partial charge in [0.25, 0.3) is 5.91 Å². The Bertz CT molecular complexity index is 832. The van der Waals surface area contributed by atoms with Gasteiger partial charge in [0.15, 0.2) is 0 Å². The molecule has 0 atom stereocenters. The minimum atomic E-state index is -0.0510. The van der Waals surface area contributed by atoms with Crippen molar-refractivity contribution in [3.8, 4) is 0 Å². The molecule has 0 spiro atoms. The average Bonchev–Trinajstić information content (AvgIpc) is 3.07. The summed E-state index contributed by atoms with van der Waals surface area (Å²) in [4.78, 5) is 19.7. The van der Waals surface area contributed by atoms with E-state index in [1.165, 1.54) is 5.69 Å². The lowest BCUT2D eigenvalue weighted by Gasteiger charge is -2.24. The van der Waals surface area contributed by atoms with E-state index in [1.54, 1.807) is 7.11 Å². The monoisotopic (exact) mass is 401 g/mol. The van der Waals surface area contributed by atoms with E-state index in [0.717, 1.165) is 43.8 Å². The second-order valence-corrected chi connectivity index (χ2v) is 8.94. The molecule has 3 rings (SSSR count). The van der Waals surface area contributed by atoms with E-state index in [1.807, 2.05) is 30.2 Å². The number of ether oxygens (including phenoxy) is 2. The maximum Gasteiger partial charge on any atom is 0.254 e. The quantitative estimate of drug-likeness (QED) is 0.710. The van der Waals surface area contributed by atoms with Crippen molar-refractivity contribution < 1.29 is 14.3 Å². The van der Waals surface area contributed by atoms with Crippen molar-refractivity contribution in [2.45, 2.75) is 52.4 Å². The minimum Gasteiger partial charge on any atom is -0.383 e. The van der Waals surface area contributed by atoms with Crippen LogP contribution in [-0.2, 0) is 21.3 Å². The molecule has 6 nitrogen and oxygen atoms in total. The first-order valence-electron chi connectivity index (χ1n) is 10.7. The number of carbonyl (C=O) groups excluding carboxylic acids is 1. The molecule has 0 unspecified atom stereocenters. The maximum absolute atomic E-state index is 13.0. The first-order valence-corrected chi connectivity index (χ1v) is 10.7. The Morgan fingerprint density at radius 3 is 2.69 bits per heavy atom. The molecule has 2 aromatic heterocycles. The fourth-order valence-corrected chi connectivity index (χ4v) is 4.04. The number of amides is 1. The molecule has 1 aliphatic rings. The molecule has 1 amide bonds. The van der Waals surface area contributed by atoms with Crippen molar-refractivity contribution in [1.29, 1.82) is 0 Å². The Balaban J connectivity index is 1.95. The molecule has 0 radical (unpaired) electrons. The Morgan fingerprint density at radius 1 is 1.34 bits per heavy atom. The second kappa shape index (κ2) is 9.26. The smallest absolute Gasteiger partial charge is 0.254 e. The standard InChI is InChI=1S/C23H35N3O3/c1-6-25(11-14-28-5)22(27)18-7-10-26-19(15-17-8-12-29-13-9-17)21(23(2,3)4)24-20(26)16-18/h7,10,16-17H,6,8-9,11-15H2,1-5H3.